The number of benzene rings is 3. The van der Waals surface area contributed by atoms with Gasteiger partial charge in [0.1, 0.15) is 5.75 Å². The number of fused-ring (bicyclic) bond motifs is 1. The molecule has 1 N–H and O–H groups in total. The van der Waals surface area contributed by atoms with Crippen LogP contribution in [0.4, 0.5) is 5.69 Å². The molecule has 0 saturated heterocycles. The van der Waals surface area contributed by atoms with Crippen LogP contribution in [0.25, 0.3) is 0 Å². The fourth-order valence-corrected chi connectivity index (χ4v) is 6.49. The molecule has 0 aromatic heterocycles. The van der Waals surface area contributed by atoms with Crippen LogP contribution in [0.1, 0.15) is 74.2 Å². The van der Waals surface area contributed by atoms with E-state index in [9.17, 15) is 18.3 Å². The van der Waals surface area contributed by atoms with Crippen molar-refractivity contribution in [3.8, 4) is 5.75 Å². The van der Waals surface area contributed by atoms with Crippen molar-refractivity contribution in [3.63, 3.8) is 0 Å². The van der Waals surface area contributed by atoms with E-state index in [1.54, 1.807) is 36.4 Å². The van der Waals surface area contributed by atoms with E-state index in [4.69, 9.17) is 23.2 Å². The summed E-state index contributed by atoms with van der Waals surface area (Å²) in [5, 5.41) is 11.8. The average Bonchev–Trinajstić information content (AvgIpc) is 2.80. The van der Waals surface area contributed by atoms with E-state index in [0.29, 0.717) is 32.3 Å². The topological polar surface area (TPSA) is 77.9 Å². The van der Waals surface area contributed by atoms with Crippen molar-refractivity contribution in [3.05, 3.63) is 92.5 Å². The lowest BCUT2D eigenvalue weighted by Gasteiger charge is -2.37. The number of hydrogen-bond donors (Lipinski definition) is 1. The molecule has 0 saturated carbocycles. The summed E-state index contributed by atoms with van der Waals surface area (Å²) in [5.41, 5.74) is 2.26. The van der Waals surface area contributed by atoms with Crippen molar-refractivity contribution in [2.75, 3.05) is 4.31 Å². The highest BCUT2D eigenvalue weighted by atomic mass is 35.5. The van der Waals surface area contributed by atoms with Crippen molar-refractivity contribution < 1.29 is 18.3 Å². The Hall–Kier alpha value is -2.74. The zero-order valence-electron chi connectivity index (χ0n) is 22.3. The maximum Gasteiger partial charge on any atom is 0.329 e. The number of anilines is 1. The number of phenolic OH excluding ortho intramolecular Hbond substituents is 1. The van der Waals surface area contributed by atoms with E-state index >= 15 is 0 Å². The SMILES string of the molecule is CC(C)(C)c1cc(CN2c3cc(Cl)ccc3C(=O)N(Cc3ccccc3Cl)S2(=O)=O)cc(C(C)(C)C)c1O. The molecule has 0 aliphatic carbocycles. The van der Waals surface area contributed by atoms with Crippen LogP contribution in [0.3, 0.4) is 0 Å². The Morgan fingerprint density at radius 2 is 1.39 bits per heavy atom. The molecule has 0 spiro atoms. The van der Waals surface area contributed by atoms with Gasteiger partial charge in [-0.25, -0.2) is 8.61 Å². The van der Waals surface area contributed by atoms with E-state index in [1.165, 1.54) is 10.4 Å². The molecule has 202 valence electrons. The van der Waals surface area contributed by atoms with E-state index in [-0.39, 0.29) is 30.1 Å². The number of carbonyl (C=O) groups is 1. The van der Waals surface area contributed by atoms with Crippen molar-refractivity contribution in [2.45, 2.75) is 65.5 Å². The van der Waals surface area contributed by atoms with Crippen molar-refractivity contribution in [1.82, 2.24) is 4.31 Å². The molecule has 0 radical (unpaired) electrons. The molecule has 0 atom stereocenters. The van der Waals surface area contributed by atoms with Gasteiger partial charge in [0, 0.05) is 10.0 Å². The smallest absolute Gasteiger partial charge is 0.329 e. The molecule has 0 bridgehead atoms. The predicted octanol–water partition coefficient (Wildman–Crippen LogP) is 7.20. The van der Waals surface area contributed by atoms with Gasteiger partial charge in [0.25, 0.3) is 5.91 Å². The van der Waals surface area contributed by atoms with Gasteiger partial charge in [-0.1, -0.05) is 82.9 Å². The van der Waals surface area contributed by atoms with Gasteiger partial charge in [-0.2, -0.15) is 8.42 Å². The lowest BCUT2D eigenvalue weighted by Crippen LogP contribution is -2.50. The molecule has 1 amide bonds. The standard InChI is InChI=1S/C29H32Cl2N2O4S/c1-28(2,3)22-13-18(14-23(26(22)34)29(4,5)6)16-32-25-15-20(30)11-12-21(25)27(35)33(38(32,36)37)17-19-9-7-8-10-24(19)31/h7-15,34H,16-17H2,1-6H3. The lowest BCUT2D eigenvalue weighted by molar-refractivity contribution is 0.0851. The zero-order valence-corrected chi connectivity index (χ0v) is 24.7. The van der Waals surface area contributed by atoms with Crippen molar-refractivity contribution in [2.24, 2.45) is 0 Å². The Labute approximate surface area is 235 Å². The first-order chi connectivity index (χ1) is 17.5. The molecule has 6 nitrogen and oxygen atoms in total. The summed E-state index contributed by atoms with van der Waals surface area (Å²) in [6, 6.07) is 15.1. The quantitative estimate of drug-likeness (QED) is 0.357. The molecule has 0 unspecified atom stereocenters. The molecular weight excluding hydrogens is 543 g/mol. The van der Waals surface area contributed by atoms with Crippen LogP contribution >= 0.6 is 23.2 Å². The van der Waals surface area contributed by atoms with Crippen LogP contribution in [0.2, 0.25) is 10.0 Å². The number of aromatic hydroxyl groups is 1. The van der Waals surface area contributed by atoms with Gasteiger partial charge in [-0.15, -0.1) is 0 Å². The Bertz CT molecular complexity index is 1490. The van der Waals surface area contributed by atoms with Crippen molar-refractivity contribution >= 4 is 45.0 Å². The zero-order chi connectivity index (χ0) is 28.2. The van der Waals surface area contributed by atoms with Gasteiger partial charge >= 0.3 is 10.2 Å². The Morgan fingerprint density at radius 3 is 1.95 bits per heavy atom. The third-order valence-corrected chi connectivity index (χ3v) is 8.96. The van der Waals surface area contributed by atoms with E-state index in [0.717, 1.165) is 4.31 Å². The molecule has 3 aromatic carbocycles. The number of rotatable bonds is 4. The molecule has 3 aromatic rings. The Kier molecular flexibility index (Phi) is 7.27. The van der Waals surface area contributed by atoms with Gasteiger partial charge in [0.15, 0.2) is 0 Å². The summed E-state index contributed by atoms with van der Waals surface area (Å²) < 4.78 is 30.1. The van der Waals surface area contributed by atoms with Gasteiger partial charge in [0.05, 0.1) is 24.3 Å². The first-order valence-electron chi connectivity index (χ1n) is 12.3. The predicted molar refractivity (Wildman–Crippen MR) is 153 cm³/mol. The van der Waals surface area contributed by atoms with Gasteiger partial charge < -0.3 is 5.11 Å². The second-order valence-electron chi connectivity index (χ2n) is 11.6. The number of carbonyl (C=O) groups excluding carboxylic acids is 1. The number of hydrogen-bond acceptors (Lipinski definition) is 4. The lowest BCUT2D eigenvalue weighted by atomic mass is 9.78. The summed E-state index contributed by atoms with van der Waals surface area (Å²) >= 11 is 12.6. The molecule has 38 heavy (non-hydrogen) atoms. The number of phenols is 1. The van der Waals surface area contributed by atoms with Crippen LogP contribution in [0, 0.1) is 0 Å². The third kappa shape index (κ3) is 5.24. The van der Waals surface area contributed by atoms with Crippen LogP contribution < -0.4 is 4.31 Å². The number of amides is 1. The van der Waals surface area contributed by atoms with E-state index in [1.807, 2.05) is 53.7 Å². The molecule has 1 heterocycles. The fraction of sp³-hybridized carbons (Fsp3) is 0.345. The summed E-state index contributed by atoms with van der Waals surface area (Å²) in [6.45, 7) is 11.7. The minimum absolute atomic E-state index is 0.0611. The maximum absolute atomic E-state index is 14.0. The largest absolute Gasteiger partial charge is 0.507 e. The summed E-state index contributed by atoms with van der Waals surface area (Å²) in [6.07, 6.45) is 0. The summed E-state index contributed by atoms with van der Waals surface area (Å²) in [4.78, 5) is 13.5. The first-order valence-corrected chi connectivity index (χ1v) is 14.4. The Balaban J connectivity index is 1.89. The third-order valence-electron chi connectivity index (χ3n) is 6.63. The first kappa shape index (κ1) is 28.3. The molecule has 1 aliphatic rings. The second kappa shape index (κ2) is 9.78. The number of halogens is 2. The van der Waals surface area contributed by atoms with Gasteiger partial charge in [-0.3, -0.25) is 4.79 Å². The van der Waals surface area contributed by atoms with Crippen molar-refractivity contribution in [1.29, 1.82) is 0 Å². The summed E-state index contributed by atoms with van der Waals surface area (Å²) in [5.74, 6) is -0.446. The molecule has 0 fully saturated rings. The highest BCUT2D eigenvalue weighted by Crippen LogP contribution is 2.42. The van der Waals surface area contributed by atoms with Crippen LogP contribution in [-0.4, -0.2) is 23.7 Å². The Morgan fingerprint density at radius 1 is 0.816 bits per heavy atom. The van der Waals surface area contributed by atoms with Gasteiger partial charge in [0.2, 0.25) is 0 Å². The van der Waals surface area contributed by atoms with Crippen LogP contribution in [-0.2, 0) is 34.1 Å². The molecule has 4 rings (SSSR count). The fourth-order valence-electron chi connectivity index (χ4n) is 4.57. The van der Waals surface area contributed by atoms with E-state index in [2.05, 4.69) is 0 Å². The molecule has 1 aliphatic heterocycles. The minimum atomic E-state index is -4.33. The average molecular weight is 576 g/mol. The second-order valence-corrected chi connectivity index (χ2v) is 14.2. The van der Waals surface area contributed by atoms with Crippen LogP contribution in [0.15, 0.2) is 54.6 Å². The maximum atomic E-state index is 14.0. The molecule has 9 heteroatoms. The minimum Gasteiger partial charge on any atom is -0.507 e. The van der Waals surface area contributed by atoms with E-state index < -0.39 is 26.9 Å². The normalized spacial score (nSPS) is 15.5. The highest BCUT2D eigenvalue weighted by molar-refractivity contribution is 7.91. The van der Waals surface area contributed by atoms with Crippen LogP contribution in [0.5, 0.6) is 5.75 Å². The highest BCUT2D eigenvalue weighted by Gasteiger charge is 2.42. The van der Waals surface area contributed by atoms with Gasteiger partial charge in [-0.05, 0) is 69.5 Å². The summed E-state index contributed by atoms with van der Waals surface area (Å²) in [7, 11) is -4.33. The monoisotopic (exact) mass is 574 g/mol. The number of nitrogens with zero attached hydrogens (tertiary/aromatic N) is 2. The molecular formula is C29H32Cl2N2O4S.